The quantitative estimate of drug-likeness (QED) is 0.766. The number of rotatable bonds is 2. The van der Waals surface area contributed by atoms with Gasteiger partial charge in [0.15, 0.2) is 0 Å². The summed E-state index contributed by atoms with van der Waals surface area (Å²) in [6.45, 7) is 14.0. The van der Waals surface area contributed by atoms with E-state index in [2.05, 4.69) is 27.7 Å². The molecule has 2 heterocycles. The molecule has 0 aromatic heterocycles. The molecule has 0 spiro atoms. The largest absolute Gasteiger partial charge is 0.339 e. The Labute approximate surface area is 116 Å². The third-order valence-electron chi connectivity index (χ3n) is 5.28. The van der Waals surface area contributed by atoms with Gasteiger partial charge in [-0.1, -0.05) is 13.8 Å². The Morgan fingerprint density at radius 1 is 1.26 bits per heavy atom. The standard InChI is InChI=1S/C15H26N2O2/c1-10(2)16-8-11(7-12(16)18)13(19)17-9-14(3,4)15(17,5)6/h10-11H,7-9H2,1-6H3/t11-/m1/s1. The second-order valence-corrected chi connectivity index (χ2v) is 7.41. The summed E-state index contributed by atoms with van der Waals surface area (Å²) in [5.74, 6) is 0.122. The van der Waals surface area contributed by atoms with Crippen molar-refractivity contribution in [1.29, 1.82) is 0 Å². The number of carbonyl (C=O) groups excluding carboxylic acids is 2. The van der Waals surface area contributed by atoms with Gasteiger partial charge in [-0.3, -0.25) is 9.59 Å². The zero-order valence-electron chi connectivity index (χ0n) is 13.0. The van der Waals surface area contributed by atoms with Gasteiger partial charge in [0.25, 0.3) is 0 Å². The van der Waals surface area contributed by atoms with Crippen LogP contribution < -0.4 is 0 Å². The Balaban J connectivity index is 2.06. The molecule has 108 valence electrons. The molecule has 1 atom stereocenters. The Bertz CT molecular complexity index is 412. The number of hydrogen-bond acceptors (Lipinski definition) is 2. The molecule has 0 aromatic rings. The molecular formula is C15H26N2O2. The minimum Gasteiger partial charge on any atom is -0.339 e. The molecule has 0 aromatic carbocycles. The van der Waals surface area contributed by atoms with Crippen molar-refractivity contribution in [3.05, 3.63) is 0 Å². The van der Waals surface area contributed by atoms with Crippen LogP contribution in [0.4, 0.5) is 0 Å². The molecule has 0 unspecified atom stereocenters. The maximum absolute atomic E-state index is 12.6. The van der Waals surface area contributed by atoms with Crippen LogP contribution in [0.2, 0.25) is 0 Å². The minimum atomic E-state index is -0.148. The highest BCUT2D eigenvalue weighted by molar-refractivity contribution is 5.90. The molecule has 2 rings (SSSR count). The molecule has 2 fully saturated rings. The molecule has 2 aliphatic rings. The van der Waals surface area contributed by atoms with Gasteiger partial charge in [-0.25, -0.2) is 0 Å². The fraction of sp³-hybridized carbons (Fsp3) is 0.867. The molecule has 0 bridgehead atoms. The predicted molar refractivity (Wildman–Crippen MR) is 74.5 cm³/mol. The van der Waals surface area contributed by atoms with Crippen LogP contribution in [0.3, 0.4) is 0 Å². The van der Waals surface area contributed by atoms with E-state index in [-0.39, 0.29) is 34.7 Å². The lowest BCUT2D eigenvalue weighted by Gasteiger charge is -2.61. The van der Waals surface area contributed by atoms with E-state index in [1.807, 2.05) is 23.6 Å². The van der Waals surface area contributed by atoms with E-state index < -0.39 is 0 Å². The SMILES string of the molecule is CC(C)N1C[C@H](C(=O)N2CC(C)(C)C2(C)C)CC1=O. The summed E-state index contributed by atoms with van der Waals surface area (Å²) in [6, 6.07) is 0.186. The van der Waals surface area contributed by atoms with Crippen LogP contribution in [0, 0.1) is 11.3 Å². The molecule has 0 aliphatic carbocycles. The van der Waals surface area contributed by atoms with Crippen LogP contribution in [0.5, 0.6) is 0 Å². The van der Waals surface area contributed by atoms with Crippen LogP contribution >= 0.6 is 0 Å². The maximum atomic E-state index is 12.6. The zero-order chi connectivity index (χ0) is 14.6. The van der Waals surface area contributed by atoms with Crippen molar-refractivity contribution in [3.63, 3.8) is 0 Å². The van der Waals surface area contributed by atoms with E-state index in [1.165, 1.54) is 0 Å². The first-order chi connectivity index (χ1) is 8.58. The first-order valence-electron chi connectivity index (χ1n) is 7.19. The van der Waals surface area contributed by atoms with Crippen LogP contribution in [0.1, 0.15) is 48.0 Å². The van der Waals surface area contributed by atoms with Gasteiger partial charge in [-0.15, -0.1) is 0 Å². The van der Waals surface area contributed by atoms with Crippen molar-refractivity contribution in [2.24, 2.45) is 11.3 Å². The molecule has 19 heavy (non-hydrogen) atoms. The smallest absolute Gasteiger partial charge is 0.228 e. The van der Waals surface area contributed by atoms with E-state index >= 15 is 0 Å². The van der Waals surface area contributed by atoms with Crippen molar-refractivity contribution in [2.75, 3.05) is 13.1 Å². The highest BCUT2D eigenvalue weighted by Crippen LogP contribution is 2.47. The van der Waals surface area contributed by atoms with E-state index in [4.69, 9.17) is 0 Å². The van der Waals surface area contributed by atoms with Crippen molar-refractivity contribution >= 4 is 11.8 Å². The Hall–Kier alpha value is -1.06. The second kappa shape index (κ2) is 4.22. The van der Waals surface area contributed by atoms with Gasteiger partial charge in [-0.2, -0.15) is 0 Å². The zero-order valence-corrected chi connectivity index (χ0v) is 13.0. The van der Waals surface area contributed by atoms with Gasteiger partial charge < -0.3 is 9.80 Å². The van der Waals surface area contributed by atoms with Crippen molar-refractivity contribution in [1.82, 2.24) is 9.80 Å². The molecule has 4 heteroatoms. The van der Waals surface area contributed by atoms with Gasteiger partial charge in [0, 0.05) is 36.5 Å². The third kappa shape index (κ3) is 2.05. The molecule has 2 aliphatic heterocycles. The average Bonchev–Trinajstić information content (AvgIpc) is 2.67. The van der Waals surface area contributed by atoms with Crippen LogP contribution in [-0.2, 0) is 9.59 Å². The number of likely N-dealkylation sites (tertiary alicyclic amines) is 2. The van der Waals surface area contributed by atoms with E-state index in [0.717, 1.165) is 6.54 Å². The van der Waals surface area contributed by atoms with Crippen molar-refractivity contribution < 1.29 is 9.59 Å². The summed E-state index contributed by atoms with van der Waals surface area (Å²) in [5.41, 5.74) is 0.0430. The minimum absolute atomic E-state index is 0.113. The molecule has 0 radical (unpaired) electrons. The van der Waals surface area contributed by atoms with Gasteiger partial charge in [0.1, 0.15) is 0 Å². The second-order valence-electron chi connectivity index (χ2n) is 7.41. The topological polar surface area (TPSA) is 40.6 Å². The lowest BCUT2D eigenvalue weighted by molar-refractivity contribution is -0.171. The van der Waals surface area contributed by atoms with Crippen molar-refractivity contribution in [2.45, 2.75) is 59.5 Å². The Morgan fingerprint density at radius 3 is 2.21 bits per heavy atom. The lowest BCUT2D eigenvalue weighted by Crippen LogP contribution is -2.71. The van der Waals surface area contributed by atoms with Gasteiger partial charge in [-0.05, 0) is 27.7 Å². The number of amides is 2. The summed E-state index contributed by atoms with van der Waals surface area (Å²) >= 11 is 0. The number of hydrogen-bond donors (Lipinski definition) is 0. The maximum Gasteiger partial charge on any atom is 0.228 e. The highest BCUT2D eigenvalue weighted by atomic mass is 16.2. The molecular weight excluding hydrogens is 240 g/mol. The highest BCUT2D eigenvalue weighted by Gasteiger charge is 2.56. The molecule has 2 saturated heterocycles. The first kappa shape index (κ1) is 14.4. The van der Waals surface area contributed by atoms with Crippen molar-refractivity contribution in [3.8, 4) is 0 Å². The summed E-state index contributed by atoms with van der Waals surface area (Å²) < 4.78 is 0. The van der Waals surface area contributed by atoms with E-state index in [9.17, 15) is 9.59 Å². The van der Waals surface area contributed by atoms with Gasteiger partial charge in [0.2, 0.25) is 11.8 Å². The van der Waals surface area contributed by atoms with E-state index in [0.29, 0.717) is 13.0 Å². The number of nitrogens with zero attached hydrogens (tertiary/aromatic N) is 2. The summed E-state index contributed by atoms with van der Waals surface area (Å²) in [4.78, 5) is 28.3. The Morgan fingerprint density at radius 2 is 1.84 bits per heavy atom. The fourth-order valence-corrected chi connectivity index (χ4v) is 3.03. The molecule has 0 saturated carbocycles. The normalized spacial score (nSPS) is 28.8. The predicted octanol–water partition coefficient (Wildman–Crippen LogP) is 1.89. The van der Waals surface area contributed by atoms with Crippen LogP contribution in [0.15, 0.2) is 0 Å². The molecule has 0 N–H and O–H groups in total. The first-order valence-corrected chi connectivity index (χ1v) is 7.19. The molecule has 4 nitrogen and oxygen atoms in total. The van der Waals surface area contributed by atoms with Gasteiger partial charge in [0.05, 0.1) is 5.92 Å². The lowest BCUT2D eigenvalue weighted by atomic mass is 9.65. The van der Waals surface area contributed by atoms with Crippen LogP contribution in [0.25, 0.3) is 0 Å². The summed E-state index contributed by atoms with van der Waals surface area (Å²) in [6.07, 6.45) is 0.379. The van der Waals surface area contributed by atoms with Crippen LogP contribution in [-0.4, -0.2) is 46.3 Å². The van der Waals surface area contributed by atoms with E-state index in [1.54, 1.807) is 0 Å². The van der Waals surface area contributed by atoms with Gasteiger partial charge >= 0.3 is 0 Å². The average molecular weight is 266 g/mol. The monoisotopic (exact) mass is 266 g/mol. The molecule has 2 amide bonds. The third-order valence-corrected chi connectivity index (χ3v) is 5.28. The fourth-order valence-electron chi connectivity index (χ4n) is 3.03. The Kier molecular flexibility index (Phi) is 3.19. The number of carbonyl (C=O) groups is 2. The summed E-state index contributed by atoms with van der Waals surface area (Å²) in [7, 11) is 0. The summed E-state index contributed by atoms with van der Waals surface area (Å²) in [5, 5.41) is 0.